The lowest BCUT2D eigenvalue weighted by molar-refractivity contribution is 0.104. The van der Waals surface area contributed by atoms with Gasteiger partial charge < -0.3 is 0 Å². The van der Waals surface area contributed by atoms with E-state index in [4.69, 9.17) is 21.7 Å². The summed E-state index contributed by atoms with van der Waals surface area (Å²) in [6.45, 7) is 4.12. The number of hydrogen-bond donors (Lipinski definition) is 0. The molecule has 1 aliphatic carbocycles. The number of fused-ring (bicyclic) bond motifs is 3. The summed E-state index contributed by atoms with van der Waals surface area (Å²) in [5.41, 5.74) is 5.89. The Bertz CT molecular complexity index is 1220. The minimum absolute atomic E-state index is 0.0510. The average molecular weight is 406 g/mol. The van der Waals surface area contributed by atoms with E-state index in [1.807, 2.05) is 58.6 Å². The van der Waals surface area contributed by atoms with Crippen LogP contribution < -0.4 is 0 Å². The van der Waals surface area contributed by atoms with Crippen molar-refractivity contribution in [3.63, 3.8) is 0 Å². The van der Waals surface area contributed by atoms with Crippen molar-refractivity contribution in [2.24, 2.45) is 0 Å². The summed E-state index contributed by atoms with van der Waals surface area (Å²) in [6, 6.07) is 15.3. The van der Waals surface area contributed by atoms with Crippen molar-refractivity contribution in [3.8, 4) is 27.6 Å². The molecule has 0 radical (unpaired) electrons. The van der Waals surface area contributed by atoms with Gasteiger partial charge in [0.2, 0.25) is 5.13 Å². The second kappa shape index (κ2) is 6.40. The molecule has 0 saturated carbocycles. The molecule has 0 bridgehead atoms. The van der Waals surface area contributed by atoms with E-state index < -0.39 is 0 Å². The molecule has 2 aromatic heterocycles. The number of benzene rings is 2. The minimum atomic E-state index is 0.0510. The summed E-state index contributed by atoms with van der Waals surface area (Å²) >= 11 is 7.51. The molecule has 28 heavy (non-hydrogen) atoms. The van der Waals surface area contributed by atoms with E-state index >= 15 is 0 Å². The van der Waals surface area contributed by atoms with Crippen LogP contribution in [0.15, 0.2) is 53.9 Å². The number of carbonyl (C=O) groups is 1. The first-order valence-corrected chi connectivity index (χ1v) is 10.3. The molecule has 6 heteroatoms. The quantitative estimate of drug-likeness (QED) is 0.370. The molecule has 1 aliphatic rings. The van der Waals surface area contributed by atoms with Gasteiger partial charge in [0.05, 0.1) is 22.6 Å². The molecule has 4 nitrogen and oxygen atoms in total. The maximum atomic E-state index is 13.0. The van der Waals surface area contributed by atoms with Gasteiger partial charge in [0.1, 0.15) is 0 Å². The third kappa shape index (κ3) is 2.54. The molecule has 0 amide bonds. The number of hydrogen-bond acceptors (Lipinski definition) is 4. The Hall–Kier alpha value is -2.76. The monoisotopic (exact) mass is 405 g/mol. The zero-order chi connectivity index (χ0) is 19.4. The van der Waals surface area contributed by atoms with Crippen LogP contribution in [0.1, 0.15) is 41.4 Å². The van der Waals surface area contributed by atoms with E-state index in [9.17, 15) is 4.79 Å². The maximum Gasteiger partial charge on any atom is 0.211 e. The van der Waals surface area contributed by atoms with Crippen molar-refractivity contribution < 1.29 is 4.79 Å². The first-order chi connectivity index (χ1) is 13.5. The number of ketones is 1. The maximum absolute atomic E-state index is 13.0. The van der Waals surface area contributed by atoms with Gasteiger partial charge in [0.25, 0.3) is 0 Å². The third-order valence-electron chi connectivity index (χ3n) is 4.93. The van der Waals surface area contributed by atoms with Crippen LogP contribution in [0.2, 0.25) is 5.02 Å². The summed E-state index contributed by atoms with van der Waals surface area (Å²) in [6.07, 6.45) is 0. The SMILES string of the molecule is CC(C)c1nn(-c2nc(-c3ccc(Cl)cc3)cs2)c2c1C(=O)c1ccccc1-2. The molecule has 0 saturated heterocycles. The normalized spacial score (nSPS) is 12.5. The van der Waals surface area contributed by atoms with Crippen molar-refractivity contribution in [3.05, 3.63) is 75.8 Å². The molecule has 4 aromatic rings. The van der Waals surface area contributed by atoms with Gasteiger partial charge in [-0.2, -0.15) is 5.10 Å². The molecule has 138 valence electrons. The fourth-order valence-corrected chi connectivity index (χ4v) is 4.50. The van der Waals surface area contributed by atoms with E-state index in [1.165, 1.54) is 11.3 Å². The van der Waals surface area contributed by atoms with Crippen molar-refractivity contribution >= 4 is 28.7 Å². The van der Waals surface area contributed by atoms with Crippen molar-refractivity contribution in [1.29, 1.82) is 0 Å². The van der Waals surface area contributed by atoms with Gasteiger partial charge in [-0.15, -0.1) is 11.3 Å². The Labute approximate surface area is 171 Å². The zero-order valence-electron chi connectivity index (χ0n) is 15.3. The Morgan fingerprint density at radius 2 is 1.75 bits per heavy atom. The number of rotatable bonds is 3. The van der Waals surface area contributed by atoms with Gasteiger partial charge in [-0.3, -0.25) is 4.79 Å². The van der Waals surface area contributed by atoms with E-state index in [-0.39, 0.29) is 11.7 Å². The molecule has 2 heterocycles. The highest BCUT2D eigenvalue weighted by Crippen LogP contribution is 2.42. The largest absolute Gasteiger partial charge is 0.288 e. The highest BCUT2D eigenvalue weighted by molar-refractivity contribution is 7.12. The van der Waals surface area contributed by atoms with Gasteiger partial charge in [-0.1, -0.05) is 61.8 Å². The van der Waals surface area contributed by atoms with Crippen LogP contribution in [0.3, 0.4) is 0 Å². The van der Waals surface area contributed by atoms with Crippen LogP contribution in [0, 0.1) is 0 Å². The molecule has 0 N–H and O–H groups in total. The summed E-state index contributed by atoms with van der Waals surface area (Å²) in [5.74, 6) is 0.194. The third-order valence-corrected chi connectivity index (χ3v) is 5.99. The van der Waals surface area contributed by atoms with Gasteiger partial charge in [-0.05, 0) is 18.1 Å². The van der Waals surface area contributed by atoms with Crippen LogP contribution in [0.5, 0.6) is 0 Å². The van der Waals surface area contributed by atoms with Gasteiger partial charge in [0.15, 0.2) is 5.78 Å². The molecule has 0 unspecified atom stereocenters. The van der Waals surface area contributed by atoms with E-state index in [2.05, 4.69) is 13.8 Å². The number of thiazole rings is 1. The van der Waals surface area contributed by atoms with Gasteiger partial charge in [-0.25, -0.2) is 9.67 Å². The number of aromatic nitrogens is 3. The summed E-state index contributed by atoms with van der Waals surface area (Å²) in [7, 11) is 0. The number of carbonyl (C=O) groups excluding carboxylic acids is 1. The highest BCUT2D eigenvalue weighted by atomic mass is 35.5. The lowest BCUT2D eigenvalue weighted by Crippen LogP contribution is -2.03. The second-order valence-electron chi connectivity index (χ2n) is 7.07. The van der Waals surface area contributed by atoms with E-state index in [0.29, 0.717) is 10.6 Å². The standard InChI is InChI=1S/C22H16ClN3OS/c1-12(2)19-18-20(15-5-3-4-6-16(15)21(18)27)26(25-19)22-24-17(11-28-22)13-7-9-14(23)10-8-13/h3-12H,1-2H3. The highest BCUT2D eigenvalue weighted by Gasteiger charge is 2.36. The van der Waals surface area contributed by atoms with Crippen LogP contribution >= 0.6 is 22.9 Å². The Balaban J connectivity index is 1.69. The number of nitrogens with zero attached hydrogens (tertiary/aromatic N) is 3. The molecule has 0 aliphatic heterocycles. The minimum Gasteiger partial charge on any atom is -0.288 e. The second-order valence-corrected chi connectivity index (χ2v) is 8.35. The predicted molar refractivity (Wildman–Crippen MR) is 113 cm³/mol. The predicted octanol–water partition coefficient (Wildman–Crippen LogP) is 5.98. The molecular weight excluding hydrogens is 390 g/mol. The van der Waals surface area contributed by atoms with Crippen LogP contribution in [-0.4, -0.2) is 20.5 Å². The fraction of sp³-hybridized carbons (Fsp3) is 0.136. The van der Waals surface area contributed by atoms with Crippen molar-refractivity contribution in [1.82, 2.24) is 14.8 Å². The molecule has 5 rings (SSSR count). The summed E-state index contributed by atoms with van der Waals surface area (Å²) in [5, 5.41) is 8.24. The Kier molecular flexibility index (Phi) is 3.96. The van der Waals surface area contributed by atoms with Crippen LogP contribution in [0.4, 0.5) is 0 Å². The first-order valence-electron chi connectivity index (χ1n) is 9.03. The summed E-state index contributed by atoms with van der Waals surface area (Å²) < 4.78 is 1.83. The van der Waals surface area contributed by atoms with Crippen molar-refractivity contribution in [2.45, 2.75) is 19.8 Å². The lowest BCUT2D eigenvalue weighted by atomic mass is 10.0. The molecule has 0 atom stereocenters. The molecule has 2 aromatic carbocycles. The zero-order valence-corrected chi connectivity index (χ0v) is 16.9. The smallest absolute Gasteiger partial charge is 0.211 e. The van der Waals surface area contributed by atoms with E-state index in [1.54, 1.807) is 0 Å². The van der Waals surface area contributed by atoms with Gasteiger partial charge in [0, 0.05) is 27.1 Å². The van der Waals surface area contributed by atoms with Crippen LogP contribution in [-0.2, 0) is 0 Å². The average Bonchev–Trinajstić information content (AvgIpc) is 3.38. The Morgan fingerprint density at radius 3 is 2.46 bits per heavy atom. The van der Waals surface area contributed by atoms with Gasteiger partial charge >= 0.3 is 0 Å². The summed E-state index contributed by atoms with van der Waals surface area (Å²) in [4.78, 5) is 17.8. The number of halogens is 1. The fourth-order valence-electron chi connectivity index (χ4n) is 3.59. The van der Waals surface area contributed by atoms with Crippen LogP contribution in [0.25, 0.3) is 27.6 Å². The van der Waals surface area contributed by atoms with E-state index in [0.717, 1.165) is 38.9 Å². The lowest BCUT2D eigenvalue weighted by Gasteiger charge is -2.04. The Morgan fingerprint density at radius 1 is 1.04 bits per heavy atom. The van der Waals surface area contributed by atoms with Crippen molar-refractivity contribution in [2.75, 3.05) is 0 Å². The topological polar surface area (TPSA) is 47.8 Å². The molecule has 0 fully saturated rings. The molecular formula is C22H16ClN3OS. The molecule has 0 spiro atoms. The first kappa shape index (κ1) is 17.3.